The average molecular weight is 335 g/mol. The van der Waals surface area contributed by atoms with Gasteiger partial charge in [-0.15, -0.1) is 11.8 Å². The number of benzene rings is 1. The van der Waals surface area contributed by atoms with Crippen molar-refractivity contribution in [3.8, 4) is 0 Å². The molecule has 126 valence electrons. The molecule has 1 aliphatic rings. The van der Waals surface area contributed by atoms with Gasteiger partial charge < -0.3 is 10.1 Å². The van der Waals surface area contributed by atoms with E-state index in [0.717, 1.165) is 24.2 Å². The zero-order chi connectivity index (χ0) is 16.5. The third-order valence-corrected chi connectivity index (χ3v) is 5.15. The summed E-state index contributed by atoms with van der Waals surface area (Å²) < 4.78 is 5.05. The van der Waals surface area contributed by atoms with Gasteiger partial charge in [0.25, 0.3) is 5.91 Å². The lowest BCUT2D eigenvalue weighted by atomic mass is 9.86. The fraction of sp³-hybridized carbons (Fsp3) is 0.556. The smallest absolute Gasteiger partial charge is 0.307 e. The number of esters is 1. The Balaban J connectivity index is 1.59. The molecule has 0 saturated heterocycles. The van der Waals surface area contributed by atoms with Crippen LogP contribution in [0.4, 0.5) is 0 Å². The van der Waals surface area contributed by atoms with Crippen LogP contribution in [0.15, 0.2) is 35.2 Å². The quantitative estimate of drug-likeness (QED) is 0.613. The van der Waals surface area contributed by atoms with Crippen molar-refractivity contribution in [2.45, 2.75) is 50.0 Å². The number of hydrogen-bond acceptors (Lipinski definition) is 4. The van der Waals surface area contributed by atoms with Crippen LogP contribution < -0.4 is 5.32 Å². The Morgan fingerprint density at radius 3 is 2.70 bits per heavy atom. The summed E-state index contributed by atoms with van der Waals surface area (Å²) in [6.07, 6.45) is 4.88. The second-order valence-electron chi connectivity index (χ2n) is 6.01. The lowest BCUT2D eigenvalue weighted by Crippen LogP contribution is -2.42. The Morgan fingerprint density at radius 1 is 1.22 bits per heavy atom. The fourth-order valence-electron chi connectivity index (χ4n) is 2.77. The van der Waals surface area contributed by atoms with Gasteiger partial charge in [-0.05, 0) is 30.9 Å². The molecular weight excluding hydrogens is 310 g/mol. The molecule has 2 atom stereocenters. The predicted octanol–water partition coefficient (Wildman–Crippen LogP) is 3.41. The Morgan fingerprint density at radius 2 is 1.96 bits per heavy atom. The van der Waals surface area contributed by atoms with Gasteiger partial charge >= 0.3 is 5.97 Å². The van der Waals surface area contributed by atoms with E-state index in [-0.39, 0.29) is 24.5 Å². The Hall–Kier alpha value is -1.49. The van der Waals surface area contributed by atoms with Crippen LogP contribution in [0.3, 0.4) is 0 Å². The number of amides is 1. The zero-order valence-corrected chi connectivity index (χ0v) is 14.4. The molecule has 0 heterocycles. The summed E-state index contributed by atoms with van der Waals surface area (Å²) in [4.78, 5) is 24.7. The summed E-state index contributed by atoms with van der Waals surface area (Å²) in [6, 6.07) is 10.1. The number of carbonyl (C=O) groups excluding carboxylic acids is 2. The van der Waals surface area contributed by atoms with Crippen LogP contribution in [0, 0.1) is 5.92 Å². The van der Waals surface area contributed by atoms with E-state index in [1.807, 2.05) is 30.3 Å². The first-order valence-electron chi connectivity index (χ1n) is 8.28. The van der Waals surface area contributed by atoms with Crippen molar-refractivity contribution in [2.24, 2.45) is 5.92 Å². The van der Waals surface area contributed by atoms with E-state index in [2.05, 4.69) is 12.2 Å². The van der Waals surface area contributed by atoms with Crippen molar-refractivity contribution in [2.75, 3.05) is 12.4 Å². The molecule has 1 fully saturated rings. The molecule has 0 aliphatic heterocycles. The topological polar surface area (TPSA) is 55.4 Å². The third kappa shape index (κ3) is 6.65. The summed E-state index contributed by atoms with van der Waals surface area (Å²) in [5, 5.41) is 2.98. The number of carbonyl (C=O) groups is 2. The molecule has 23 heavy (non-hydrogen) atoms. The molecule has 1 amide bonds. The maximum atomic E-state index is 11.9. The summed E-state index contributed by atoms with van der Waals surface area (Å²) in [7, 11) is 0. The van der Waals surface area contributed by atoms with Crippen LogP contribution in [0.1, 0.15) is 39.0 Å². The second kappa shape index (κ2) is 9.60. The molecular formula is C18H25NO3S. The minimum absolute atomic E-state index is 0.169. The van der Waals surface area contributed by atoms with Gasteiger partial charge in [-0.1, -0.05) is 38.0 Å². The molecule has 1 aromatic carbocycles. The molecule has 0 radical (unpaired) electrons. The highest BCUT2D eigenvalue weighted by Gasteiger charge is 2.23. The first-order valence-corrected chi connectivity index (χ1v) is 9.26. The summed E-state index contributed by atoms with van der Waals surface area (Å²) in [5.41, 5.74) is 0. The molecule has 4 nitrogen and oxygen atoms in total. The lowest BCUT2D eigenvalue weighted by molar-refractivity contribution is -0.148. The maximum Gasteiger partial charge on any atom is 0.307 e. The van der Waals surface area contributed by atoms with Crippen molar-refractivity contribution in [3.05, 3.63) is 30.3 Å². The molecule has 1 aromatic rings. The van der Waals surface area contributed by atoms with E-state index >= 15 is 0 Å². The molecule has 5 heteroatoms. The van der Waals surface area contributed by atoms with Gasteiger partial charge in [-0.2, -0.15) is 0 Å². The van der Waals surface area contributed by atoms with Gasteiger partial charge in [0.15, 0.2) is 6.61 Å². The van der Waals surface area contributed by atoms with Crippen LogP contribution in [-0.4, -0.2) is 30.3 Å². The highest BCUT2D eigenvalue weighted by molar-refractivity contribution is 7.99. The summed E-state index contributed by atoms with van der Waals surface area (Å²) >= 11 is 1.61. The zero-order valence-electron chi connectivity index (χ0n) is 13.6. The van der Waals surface area contributed by atoms with Crippen LogP contribution in [0.5, 0.6) is 0 Å². The number of rotatable bonds is 7. The van der Waals surface area contributed by atoms with E-state index < -0.39 is 0 Å². The van der Waals surface area contributed by atoms with Gasteiger partial charge in [0, 0.05) is 16.7 Å². The van der Waals surface area contributed by atoms with E-state index in [4.69, 9.17) is 4.74 Å². The Kier molecular flexibility index (Phi) is 7.46. The first-order chi connectivity index (χ1) is 11.1. The van der Waals surface area contributed by atoms with E-state index in [1.54, 1.807) is 11.8 Å². The normalized spacial score (nSPS) is 20.7. The highest BCUT2D eigenvalue weighted by atomic mass is 32.2. The van der Waals surface area contributed by atoms with Gasteiger partial charge in [0.1, 0.15) is 0 Å². The Labute approximate surface area is 142 Å². The monoisotopic (exact) mass is 335 g/mol. The molecule has 1 aliphatic carbocycles. The predicted molar refractivity (Wildman–Crippen MR) is 92.3 cm³/mol. The molecule has 0 unspecified atom stereocenters. The van der Waals surface area contributed by atoms with Gasteiger partial charge in [-0.25, -0.2) is 0 Å². The lowest BCUT2D eigenvalue weighted by Gasteiger charge is -2.29. The Bertz CT molecular complexity index is 506. The largest absolute Gasteiger partial charge is 0.456 e. The highest BCUT2D eigenvalue weighted by Crippen LogP contribution is 2.23. The molecule has 2 rings (SSSR count). The molecule has 0 spiro atoms. The maximum absolute atomic E-state index is 11.9. The van der Waals surface area contributed by atoms with E-state index in [1.165, 1.54) is 6.42 Å². The van der Waals surface area contributed by atoms with Crippen molar-refractivity contribution >= 4 is 23.6 Å². The summed E-state index contributed by atoms with van der Waals surface area (Å²) in [6.45, 7) is 2.00. The van der Waals surface area contributed by atoms with Gasteiger partial charge in [-0.3, -0.25) is 9.59 Å². The average Bonchev–Trinajstić information content (AvgIpc) is 2.56. The van der Waals surface area contributed by atoms with Crippen molar-refractivity contribution in [1.82, 2.24) is 5.32 Å². The minimum Gasteiger partial charge on any atom is -0.456 e. The molecule has 1 N–H and O–H groups in total. The van der Waals surface area contributed by atoms with Crippen molar-refractivity contribution < 1.29 is 14.3 Å². The fourth-order valence-corrected chi connectivity index (χ4v) is 3.62. The number of hydrogen-bond donors (Lipinski definition) is 1. The second-order valence-corrected chi connectivity index (χ2v) is 7.18. The van der Waals surface area contributed by atoms with Crippen molar-refractivity contribution in [1.29, 1.82) is 0 Å². The first kappa shape index (κ1) is 17.9. The van der Waals surface area contributed by atoms with Crippen LogP contribution in [0.2, 0.25) is 0 Å². The van der Waals surface area contributed by atoms with E-state index in [0.29, 0.717) is 18.1 Å². The van der Waals surface area contributed by atoms with Crippen LogP contribution in [0.25, 0.3) is 0 Å². The third-order valence-electron chi connectivity index (χ3n) is 4.14. The van der Waals surface area contributed by atoms with Crippen LogP contribution in [-0.2, 0) is 14.3 Å². The van der Waals surface area contributed by atoms with E-state index in [9.17, 15) is 9.59 Å². The molecule has 1 saturated carbocycles. The summed E-state index contributed by atoms with van der Waals surface area (Å²) in [5.74, 6) is 0.656. The van der Waals surface area contributed by atoms with Gasteiger partial charge in [0.05, 0.1) is 6.42 Å². The van der Waals surface area contributed by atoms with Crippen LogP contribution >= 0.6 is 11.8 Å². The van der Waals surface area contributed by atoms with Gasteiger partial charge in [0.2, 0.25) is 0 Å². The SMILES string of the molecule is C[C@@H]1CCCC[C@H]1NC(=O)COC(=O)CCSc1ccccc1. The number of nitrogens with one attached hydrogen (secondary N) is 1. The standard InChI is InChI=1S/C18H25NO3S/c1-14-7-5-6-10-16(14)19-17(20)13-22-18(21)11-12-23-15-8-3-2-4-9-15/h2-4,8-9,14,16H,5-7,10-13H2,1H3,(H,19,20)/t14-,16-/m1/s1. The van der Waals surface area contributed by atoms with Crippen molar-refractivity contribution in [3.63, 3.8) is 0 Å². The minimum atomic E-state index is -0.319. The number of thioether (sulfide) groups is 1. The molecule has 0 bridgehead atoms. The number of ether oxygens (including phenoxy) is 1. The molecule has 0 aromatic heterocycles.